The molecule has 0 aliphatic carbocycles. The van der Waals surface area contributed by atoms with Crippen LogP contribution in [-0.2, 0) is 16.1 Å². The first-order chi connectivity index (χ1) is 11.1. The van der Waals surface area contributed by atoms with Crippen molar-refractivity contribution in [1.29, 1.82) is 0 Å². The molecule has 0 unspecified atom stereocenters. The number of aryl methyl sites for hydroxylation is 2. The summed E-state index contributed by atoms with van der Waals surface area (Å²) >= 11 is 0. The minimum atomic E-state index is -0.256. The third-order valence-electron chi connectivity index (χ3n) is 4.04. The molecule has 134 valence electrons. The summed E-state index contributed by atoms with van der Waals surface area (Å²) in [5.74, 6) is 0.0626. The van der Waals surface area contributed by atoms with E-state index < -0.39 is 0 Å². The van der Waals surface area contributed by atoms with E-state index in [0.29, 0.717) is 32.7 Å². The zero-order valence-electron chi connectivity index (χ0n) is 14.3. The van der Waals surface area contributed by atoms with Gasteiger partial charge in [-0.25, -0.2) is 9.36 Å². The Labute approximate surface area is 153 Å². The number of piperidine rings is 1. The van der Waals surface area contributed by atoms with Gasteiger partial charge in [-0.05, 0) is 32.3 Å². The highest BCUT2D eigenvalue weighted by Crippen LogP contribution is 2.11. The Morgan fingerprint density at radius 1 is 1.29 bits per heavy atom. The van der Waals surface area contributed by atoms with E-state index in [9.17, 15) is 9.59 Å². The predicted octanol–water partition coefficient (Wildman–Crippen LogP) is -1.59. The van der Waals surface area contributed by atoms with Crippen LogP contribution in [0.4, 0.5) is 4.79 Å². The Balaban J connectivity index is 0.00000288. The molecule has 1 aromatic heterocycles. The number of pyridine rings is 1. The van der Waals surface area contributed by atoms with Crippen molar-refractivity contribution >= 4 is 12.0 Å². The van der Waals surface area contributed by atoms with Crippen LogP contribution in [-0.4, -0.2) is 42.6 Å². The fourth-order valence-corrected chi connectivity index (χ4v) is 2.63. The standard InChI is InChI=1S/C17H25N3O3.BrH/c1-3-23-17(22)20-12-6-15(7-13-20)18-16(21)8-11-19-9-4-14(2)5-10-19;/h4-5,9-10,15H,3,6-8,11-13H2,1-2H3;1H. The molecule has 1 saturated heterocycles. The summed E-state index contributed by atoms with van der Waals surface area (Å²) < 4.78 is 7.00. The van der Waals surface area contributed by atoms with Gasteiger partial charge >= 0.3 is 6.09 Å². The Morgan fingerprint density at radius 2 is 1.92 bits per heavy atom. The highest BCUT2D eigenvalue weighted by atomic mass is 79.9. The molecule has 2 rings (SSSR count). The summed E-state index contributed by atoms with van der Waals surface area (Å²) in [5, 5.41) is 3.06. The topological polar surface area (TPSA) is 62.5 Å². The molecule has 0 spiro atoms. The van der Waals surface area contributed by atoms with Gasteiger partial charge in [-0.2, -0.15) is 0 Å². The second-order valence-electron chi connectivity index (χ2n) is 5.89. The molecule has 1 N–H and O–H groups in total. The minimum Gasteiger partial charge on any atom is -1.00 e. The summed E-state index contributed by atoms with van der Waals surface area (Å²) in [7, 11) is 0. The molecule has 24 heavy (non-hydrogen) atoms. The highest BCUT2D eigenvalue weighted by molar-refractivity contribution is 5.76. The number of amides is 2. The molecule has 1 aromatic rings. The van der Waals surface area contributed by atoms with E-state index in [1.165, 1.54) is 5.56 Å². The van der Waals surface area contributed by atoms with Crippen LogP contribution in [0.25, 0.3) is 0 Å². The van der Waals surface area contributed by atoms with Crippen molar-refractivity contribution in [1.82, 2.24) is 10.2 Å². The van der Waals surface area contributed by atoms with Crippen LogP contribution in [0.1, 0.15) is 31.7 Å². The Kier molecular flexibility index (Phi) is 8.74. The molecular weight excluding hydrogens is 374 g/mol. The normalized spacial score (nSPS) is 14.7. The highest BCUT2D eigenvalue weighted by Gasteiger charge is 2.24. The van der Waals surface area contributed by atoms with Crippen LogP contribution >= 0.6 is 0 Å². The van der Waals surface area contributed by atoms with Gasteiger partial charge in [-0.15, -0.1) is 0 Å². The summed E-state index contributed by atoms with van der Waals surface area (Å²) in [6.07, 6.45) is 5.74. The third-order valence-corrected chi connectivity index (χ3v) is 4.04. The summed E-state index contributed by atoms with van der Waals surface area (Å²) in [5.41, 5.74) is 1.21. The minimum absolute atomic E-state index is 0. The molecule has 1 aliphatic rings. The number of nitrogens with zero attached hydrogens (tertiary/aromatic N) is 2. The van der Waals surface area contributed by atoms with Crippen LogP contribution in [0, 0.1) is 6.92 Å². The van der Waals surface area contributed by atoms with Crippen LogP contribution in [0.3, 0.4) is 0 Å². The molecule has 1 aliphatic heterocycles. The number of nitrogens with one attached hydrogen (secondary N) is 1. The Bertz CT molecular complexity index is 528. The molecule has 1 fully saturated rings. The second kappa shape index (κ2) is 10.3. The van der Waals surface area contributed by atoms with Gasteiger partial charge in [0.15, 0.2) is 18.9 Å². The monoisotopic (exact) mass is 399 g/mol. The van der Waals surface area contributed by atoms with E-state index in [4.69, 9.17) is 4.74 Å². The number of aromatic nitrogens is 1. The largest absolute Gasteiger partial charge is 1.00 e. The van der Waals surface area contributed by atoms with Gasteiger partial charge < -0.3 is 31.9 Å². The van der Waals surface area contributed by atoms with Gasteiger partial charge in [0.05, 0.1) is 13.0 Å². The summed E-state index contributed by atoms with van der Waals surface area (Å²) in [4.78, 5) is 25.4. The average Bonchev–Trinajstić information content (AvgIpc) is 2.55. The summed E-state index contributed by atoms with van der Waals surface area (Å²) in [6.45, 7) is 6.18. The van der Waals surface area contributed by atoms with Crippen molar-refractivity contribution in [3.63, 3.8) is 0 Å². The van der Waals surface area contributed by atoms with Gasteiger partial charge in [0, 0.05) is 31.3 Å². The van der Waals surface area contributed by atoms with Gasteiger partial charge in [-0.1, -0.05) is 0 Å². The fourth-order valence-electron chi connectivity index (χ4n) is 2.63. The number of carbonyl (C=O) groups is 2. The SMILES string of the molecule is CCOC(=O)N1CCC(NC(=O)CC[n+]2ccc(C)cc2)CC1.[Br-]. The molecule has 6 nitrogen and oxygen atoms in total. The Morgan fingerprint density at radius 3 is 2.50 bits per heavy atom. The van der Waals surface area contributed by atoms with E-state index in [1.807, 2.05) is 36.0 Å². The molecular formula is C17H26BrN3O3. The first-order valence-corrected chi connectivity index (χ1v) is 8.25. The maximum Gasteiger partial charge on any atom is 0.409 e. The molecule has 2 amide bonds. The summed E-state index contributed by atoms with van der Waals surface area (Å²) in [6, 6.07) is 4.21. The number of likely N-dealkylation sites (tertiary alicyclic amines) is 1. The quantitative estimate of drug-likeness (QED) is 0.607. The van der Waals surface area contributed by atoms with Crippen LogP contribution in [0.5, 0.6) is 0 Å². The first-order valence-electron chi connectivity index (χ1n) is 8.25. The number of hydrogen-bond acceptors (Lipinski definition) is 3. The third kappa shape index (κ3) is 6.47. The van der Waals surface area contributed by atoms with E-state index in [0.717, 1.165) is 12.8 Å². The van der Waals surface area contributed by atoms with Crippen molar-refractivity contribution in [2.24, 2.45) is 0 Å². The maximum atomic E-state index is 12.0. The van der Waals surface area contributed by atoms with E-state index >= 15 is 0 Å². The number of carbonyl (C=O) groups excluding carboxylic acids is 2. The average molecular weight is 400 g/mol. The van der Waals surface area contributed by atoms with Crippen LogP contribution in [0.15, 0.2) is 24.5 Å². The lowest BCUT2D eigenvalue weighted by Gasteiger charge is -2.31. The second-order valence-corrected chi connectivity index (χ2v) is 5.89. The van der Waals surface area contributed by atoms with Gasteiger partial charge in [0.25, 0.3) is 0 Å². The fraction of sp³-hybridized carbons (Fsp3) is 0.588. The molecule has 0 aromatic carbocycles. The molecule has 2 heterocycles. The lowest BCUT2D eigenvalue weighted by atomic mass is 10.1. The van der Waals surface area contributed by atoms with E-state index in [2.05, 4.69) is 5.32 Å². The lowest BCUT2D eigenvalue weighted by Crippen LogP contribution is -3.00. The van der Waals surface area contributed by atoms with Gasteiger partial charge in [0.1, 0.15) is 0 Å². The van der Waals surface area contributed by atoms with Crippen molar-refractivity contribution < 1.29 is 35.9 Å². The molecule has 0 radical (unpaired) electrons. The molecule has 0 bridgehead atoms. The zero-order valence-corrected chi connectivity index (χ0v) is 15.9. The maximum absolute atomic E-state index is 12.0. The molecule has 0 saturated carbocycles. The lowest BCUT2D eigenvalue weighted by molar-refractivity contribution is -0.695. The number of rotatable bonds is 5. The van der Waals surface area contributed by atoms with Crippen molar-refractivity contribution in [3.8, 4) is 0 Å². The van der Waals surface area contributed by atoms with Crippen molar-refractivity contribution in [2.75, 3.05) is 19.7 Å². The molecule has 7 heteroatoms. The van der Waals surface area contributed by atoms with E-state index in [1.54, 1.807) is 11.8 Å². The predicted molar refractivity (Wildman–Crippen MR) is 85.8 cm³/mol. The number of hydrogen-bond donors (Lipinski definition) is 1. The number of halogens is 1. The van der Waals surface area contributed by atoms with Crippen LogP contribution in [0.2, 0.25) is 0 Å². The van der Waals surface area contributed by atoms with Gasteiger partial charge in [0.2, 0.25) is 5.91 Å². The van der Waals surface area contributed by atoms with Gasteiger partial charge in [-0.3, -0.25) is 4.79 Å². The zero-order chi connectivity index (χ0) is 16.7. The van der Waals surface area contributed by atoms with Crippen molar-refractivity contribution in [2.45, 2.75) is 45.7 Å². The number of ether oxygens (including phenoxy) is 1. The van der Waals surface area contributed by atoms with Crippen LogP contribution < -0.4 is 26.9 Å². The van der Waals surface area contributed by atoms with Crippen molar-refractivity contribution in [3.05, 3.63) is 30.1 Å². The Hall–Kier alpha value is -1.63. The smallest absolute Gasteiger partial charge is 0.409 e. The molecule has 0 atom stereocenters. The van der Waals surface area contributed by atoms with E-state index in [-0.39, 0.29) is 35.0 Å². The first kappa shape index (κ1) is 20.4.